The Labute approximate surface area is 225 Å². The molecule has 0 saturated heterocycles. The van der Waals surface area contributed by atoms with Crippen molar-refractivity contribution >= 4 is 56.9 Å². The molecule has 2 N–H and O–H groups in total. The van der Waals surface area contributed by atoms with E-state index in [0.29, 0.717) is 26.7 Å². The molecular formula is C28H20Cl2O6S. The number of rotatable bonds is 4. The van der Waals surface area contributed by atoms with Crippen LogP contribution >= 0.6 is 35.0 Å². The predicted molar refractivity (Wildman–Crippen MR) is 147 cm³/mol. The Morgan fingerprint density at radius 3 is 1.59 bits per heavy atom. The molecule has 9 heteroatoms. The Bertz CT molecular complexity index is 1710. The summed E-state index contributed by atoms with van der Waals surface area (Å²) < 4.78 is 11.1. The number of thioether (sulfide) groups is 1. The van der Waals surface area contributed by atoms with Gasteiger partial charge in [0.1, 0.15) is 22.7 Å². The second-order valence-corrected chi connectivity index (χ2v) is 10.4. The number of aromatic hydroxyl groups is 2. The third-order valence-electron chi connectivity index (χ3n) is 6.41. The fourth-order valence-electron chi connectivity index (χ4n) is 4.43. The lowest BCUT2D eigenvalue weighted by molar-refractivity contribution is 0.441. The van der Waals surface area contributed by atoms with E-state index in [9.17, 15) is 19.8 Å². The van der Waals surface area contributed by atoms with Gasteiger partial charge in [-0.1, -0.05) is 35.3 Å². The minimum absolute atomic E-state index is 0.140. The first-order chi connectivity index (χ1) is 17.6. The Balaban J connectivity index is 1.90. The van der Waals surface area contributed by atoms with E-state index in [2.05, 4.69) is 0 Å². The lowest BCUT2D eigenvalue weighted by atomic mass is 9.84. The second kappa shape index (κ2) is 9.49. The average Bonchev–Trinajstić information content (AvgIpc) is 2.86. The van der Waals surface area contributed by atoms with Gasteiger partial charge < -0.3 is 19.0 Å². The van der Waals surface area contributed by atoms with Gasteiger partial charge in [-0.2, -0.15) is 0 Å². The predicted octanol–water partition coefficient (Wildman–Crippen LogP) is 7.14. The van der Waals surface area contributed by atoms with Gasteiger partial charge in [0.25, 0.3) is 0 Å². The molecule has 0 aliphatic carbocycles. The monoisotopic (exact) mass is 554 g/mol. The van der Waals surface area contributed by atoms with Crippen LogP contribution in [0.5, 0.6) is 11.5 Å². The molecule has 0 atom stereocenters. The summed E-state index contributed by atoms with van der Waals surface area (Å²) >= 11 is 14.1. The Kier molecular flexibility index (Phi) is 6.48. The van der Waals surface area contributed by atoms with E-state index in [1.807, 2.05) is 18.4 Å². The zero-order valence-electron chi connectivity index (χ0n) is 19.9. The van der Waals surface area contributed by atoms with Gasteiger partial charge in [-0.25, -0.2) is 9.59 Å². The number of hydrogen-bond acceptors (Lipinski definition) is 7. The van der Waals surface area contributed by atoms with Gasteiger partial charge in [0.2, 0.25) is 0 Å². The van der Waals surface area contributed by atoms with Crippen molar-refractivity contribution in [3.8, 4) is 11.5 Å². The van der Waals surface area contributed by atoms with E-state index in [-0.39, 0.29) is 33.1 Å². The summed E-state index contributed by atoms with van der Waals surface area (Å²) in [7, 11) is 0. The third kappa shape index (κ3) is 4.27. The van der Waals surface area contributed by atoms with Gasteiger partial charge >= 0.3 is 11.3 Å². The highest BCUT2D eigenvalue weighted by atomic mass is 35.5. The molecule has 3 aromatic carbocycles. The van der Waals surface area contributed by atoms with E-state index < -0.39 is 28.7 Å². The standard InChI is InChI=1S/C28H20Cl2O6S/c1-12-8-20-16(10-18(12)29)25(31)23(27(33)35-20)22(14-4-6-15(37-3)7-5-14)24-26(32)17-11-19(30)13(2)9-21(17)36-28(24)34/h4-11,22,31-32H,1-3H3. The van der Waals surface area contributed by atoms with E-state index >= 15 is 0 Å². The van der Waals surface area contributed by atoms with Crippen LogP contribution in [0.15, 0.2) is 71.8 Å². The minimum Gasteiger partial charge on any atom is -0.507 e. The fraction of sp³-hybridized carbons (Fsp3) is 0.143. The molecule has 5 rings (SSSR count). The topological polar surface area (TPSA) is 101 Å². The summed E-state index contributed by atoms with van der Waals surface area (Å²) in [5.41, 5.74) is -0.143. The third-order valence-corrected chi connectivity index (χ3v) is 7.97. The highest BCUT2D eigenvalue weighted by molar-refractivity contribution is 7.98. The zero-order valence-corrected chi connectivity index (χ0v) is 22.2. The largest absolute Gasteiger partial charge is 0.507 e. The van der Waals surface area contributed by atoms with Crippen molar-refractivity contribution in [1.29, 1.82) is 0 Å². The van der Waals surface area contributed by atoms with Crippen molar-refractivity contribution in [2.24, 2.45) is 0 Å². The van der Waals surface area contributed by atoms with Gasteiger partial charge in [-0.15, -0.1) is 11.8 Å². The van der Waals surface area contributed by atoms with Crippen LogP contribution < -0.4 is 11.3 Å². The summed E-state index contributed by atoms with van der Waals surface area (Å²) in [5.74, 6) is -2.04. The molecule has 0 aliphatic heterocycles. The number of aryl methyl sites for hydroxylation is 2. The summed E-state index contributed by atoms with van der Waals surface area (Å²) in [4.78, 5) is 27.6. The maximum absolute atomic E-state index is 13.3. The molecule has 0 spiro atoms. The van der Waals surface area contributed by atoms with Crippen LogP contribution in [-0.4, -0.2) is 16.5 Å². The highest BCUT2D eigenvalue weighted by Gasteiger charge is 2.32. The Morgan fingerprint density at radius 1 is 0.757 bits per heavy atom. The molecule has 0 fully saturated rings. The number of benzene rings is 3. The molecule has 0 amide bonds. The molecule has 0 bridgehead atoms. The van der Waals surface area contributed by atoms with Crippen LogP contribution in [-0.2, 0) is 0 Å². The molecule has 5 aromatic rings. The molecule has 2 heterocycles. The second-order valence-electron chi connectivity index (χ2n) is 8.70. The molecule has 0 unspecified atom stereocenters. The van der Waals surface area contributed by atoms with Gasteiger partial charge in [0.15, 0.2) is 0 Å². The molecule has 188 valence electrons. The lowest BCUT2D eigenvalue weighted by Gasteiger charge is -2.20. The quantitative estimate of drug-likeness (QED) is 0.180. The van der Waals surface area contributed by atoms with Crippen molar-refractivity contribution in [3.05, 3.63) is 107 Å². The normalized spacial score (nSPS) is 11.6. The summed E-state index contributed by atoms with van der Waals surface area (Å²) in [6, 6.07) is 13.1. The van der Waals surface area contributed by atoms with E-state index in [4.69, 9.17) is 32.0 Å². The van der Waals surface area contributed by atoms with Crippen molar-refractivity contribution in [1.82, 2.24) is 0 Å². The van der Waals surface area contributed by atoms with E-state index in [0.717, 1.165) is 4.90 Å². The van der Waals surface area contributed by atoms with Crippen LogP contribution in [0.25, 0.3) is 21.9 Å². The van der Waals surface area contributed by atoms with E-state index in [1.165, 1.54) is 23.9 Å². The maximum atomic E-state index is 13.3. The molecular weight excluding hydrogens is 535 g/mol. The molecule has 6 nitrogen and oxygen atoms in total. The van der Waals surface area contributed by atoms with Crippen LogP contribution in [0.4, 0.5) is 0 Å². The summed E-state index contributed by atoms with van der Waals surface area (Å²) in [6.07, 6.45) is 1.91. The molecule has 0 radical (unpaired) electrons. The van der Waals surface area contributed by atoms with E-state index in [1.54, 1.807) is 38.1 Å². The number of hydrogen-bond donors (Lipinski definition) is 2. The fourth-order valence-corrected chi connectivity index (χ4v) is 5.16. The van der Waals surface area contributed by atoms with Crippen LogP contribution in [0.1, 0.15) is 33.7 Å². The molecule has 37 heavy (non-hydrogen) atoms. The maximum Gasteiger partial charge on any atom is 0.344 e. The first kappa shape index (κ1) is 25.3. The molecule has 2 aromatic heterocycles. The first-order valence-corrected chi connectivity index (χ1v) is 13.1. The number of halogens is 2. The highest BCUT2D eigenvalue weighted by Crippen LogP contribution is 2.43. The van der Waals surface area contributed by atoms with Crippen molar-refractivity contribution in [2.75, 3.05) is 6.26 Å². The first-order valence-electron chi connectivity index (χ1n) is 11.2. The lowest BCUT2D eigenvalue weighted by Crippen LogP contribution is -2.21. The Hall–Kier alpha value is -3.39. The summed E-state index contributed by atoms with van der Waals surface area (Å²) in [6.45, 7) is 3.49. The van der Waals surface area contributed by atoms with Crippen LogP contribution in [0.3, 0.4) is 0 Å². The summed E-state index contributed by atoms with van der Waals surface area (Å²) in [5, 5.41) is 23.8. The minimum atomic E-state index is -1.22. The van der Waals surface area contributed by atoms with Gasteiger partial charge in [0, 0.05) is 14.9 Å². The van der Waals surface area contributed by atoms with Crippen LogP contribution in [0, 0.1) is 13.8 Å². The average molecular weight is 555 g/mol. The van der Waals surface area contributed by atoms with Gasteiger partial charge in [0.05, 0.1) is 27.8 Å². The zero-order chi connectivity index (χ0) is 26.6. The molecule has 0 aliphatic rings. The van der Waals surface area contributed by atoms with Crippen molar-refractivity contribution in [3.63, 3.8) is 0 Å². The Morgan fingerprint density at radius 2 is 1.19 bits per heavy atom. The van der Waals surface area contributed by atoms with Gasteiger partial charge in [-0.05, 0) is 73.2 Å². The van der Waals surface area contributed by atoms with Crippen molar-refractivity contribution in [2.45, 2.75) is 24.7 Å². The SMILES string of the molecule is CSc1ccc(C(c2c(O)c3cc(Cl)c(C)cc3oc2=O)c2c(O)c3cc(Cl)c(C)cc3oc2=O)cc1. The smallest absolute Gasteiger partial charge is 0.344 e. The van der Waals surface area contributed by atoms with Crippen molar-refractivity contribution < 1.29 is 19.0 Å². The van der Waals surface area contributed by atoms with Gasteiger partial charge in [-0.3, -0.25) is 0 Å². The molecule has 0 saturated carbocycles. The number of fused-ring (bicyclic) bond motifs is 2. The van der Waals surface area contributed by atoms with Crippen LogP contribution in [0.2, 0.25) is 10.0 Å².